The van der Waals surface area contributed by atoms with Gasteiger partial charge in [0.15, 0.2) is 0 Å². The van der Waals surface area contributed by atoms with Crippen LogP contribution in [0.1, 0.15) is 25.1 Å². The second-order valence-electron chi connectivity index (χ2n) is 2.28. The third kappa shape index (κ3) is 1.61. The molecule has 1 heterocycles. The SMILES string of the molecule is CC[C@H](N)c1ccc(Br)[nH]1. The highest BCUT2D eigenvalue weighted by Crippen LogP contribution is 2.15. The van der Waals surface area contributed by atoms with E-state index in [-0.39, 0.29) is 6.04 Å². The number of rotatable bonds is 2. The van der Waals surface area contributed by atoms with E-state index < -0.39 is 0 Å². The van der Waals surface area contributed by atoms with Crippen molar-refractivity contribution < 1.29 is 0 Å². The number of hydrogen-bond acceptors (Lipinski definition) is 1. The Morgan fingerprint density at radius 1 is 1.70 bits per heavy atom. The van der Waals surface area contributed by atoms with Gasteiger partial charge in [-0.3, -0.25) is 0 Å². The van der Waals surface area contributed by atoms with Gasteiger partial charge in [-0.15, -0.1) is 0 Å². The van der Waals surface area contributed by atoms with Crippen LogP contribution in [0, 0.1) is 0 Å². The number of nitrogens with two attached hydrogens (primary N) is 1. The van der Waals surface area contributed by atoms with Gasteiger partial charge in [-0.05, 0) is 34.5 Å². The van der Waals surface area contributed by atoms with Crippen molar-refractivity contribution >= 4 is 15.9 Å². The summed E-state index contributed by atoms with van der Waals surface area (Å²) in [4.78, 5) is 3.12. The minimum atomic E-state index is 0.145. The van der Waals surface area contributed by atoms with Crippen molar-refractivity contribution in [2.24, 2.45) is 5.73 Å². The molecule has 3 N–H and O–H groups in total. The van der Waals surface area contributed by atoms with E-state index in [9.17, 15) is 0 Å². The van der Waals surface area contributed by atoms with Gasteiger partial charge in [0.1, 0.15) is 0 Å². The molecule has 3 heteroatoms. The normalized spacial score (nSPS) is 13.5. The van der Waals surface area contributed by atoms with Gasteiger partial charge in [0.25, 0.3) is 0 Å². The smallest absolute Gasteiger partial charge is 0.0822 e. The lowest BCUT2D eigenvalue weighted by Gasteiger charge is -2.04. The fraction of sp³-hybridized carbons (Fsp3) is 0.429. The van der Waals surface area contributed by atoms with Crippen molar-refractivity contribution in [3.8, 4) is 0 Å². The van der Waals surface area contributed by atoms with Gasteiger partial charge in [0.2, 0.25) is 0 Å². The minimum Gasteiger partial charge on any atom is -0.352 e. The highest BCUT2D eigenvalue weighted by Gasteiger charge is 2.03. The highest BCUT2D eigenvalue weighted by atomic mass is 79.9. The number of halogens is 1. The molecule has 56 valence electrons. The average Bonchev–Trinajstić information content (AvgIpc) is 2.34. The molecule has 0 aliphatic rings. The Hall–Kier alpha value is -0.280. The summed E-state index contributed by atoms with van der Waals surface area (Å²) >= 11 is 3.32. The summed E-state index contributed by atoms with van der Waals surface area (Å²) in [7, 11) is 0. The Kier molecular flexibility index (Phi) is 2.51. The van der Waals surface area contributed by atoms with Gasteiger partial charge in [-0.1, -0.05) is 6.92 Å². The van der Waals surface area contributed by atoms with E-state index in [2.05, 4.69) is 27.8 Å². The molecule has 0 saturated carbocycles. The summed E-state index contributed by atoms with van der Waals surface area (Å²) in [6.45, 7) is 2.07. The van der Waals surface area contributed by atoms with Crippen molar-refractivity contribution in [3.63, 3.8) is 0 Å². The van der Waals surface area contributed by atoms with Crippen LogP contribution in [-0.4, -0.2) is 4.98 Å². The molecule has 0 radical (unpaired) electrons. The minimum absolute atomic E-state index is 0.145. The van der Waals surface area contributed by atoms with E-state index in [4.69, 9.17) is 5.73 Å². The van der Waals surface area contributed by atoms with E-state index >= 15 is 0 Å². The van der Waals surface area contributed by atoms with Crippen molar-refractivity contribution in [1.82, 2.24) is 4.98 Å². The van der Waals surface area contributed by atoms with E-state index in [1.54, 1.807) is 0 Å². The summed E-state index contributed by atoms with van der Waals surface area (Å²) in [6.07, 6.45) is 0.965. The largest absolute Gasteiger partial charge is 0.352 e. The van der Waals surface area contributed by atoms with Crippen molar-refractivity contribution in [1.29, 1.82) is 0 Å². The lowest BCUT2D eigenvalue weighted by Crippen LogP contribution is -2.08. The molecule has 0 bridgehead atoms. The van der Waals surface area contributed by atoms with Gasteiger partial charge in [0, 0.05) is 11.7 Å². The predicted octanol–water partition coefficient (Wildman–Crippen LogP) is 2.19. The van der Waals surface area contributed by atoms with Gasteiger partial charge < -0.3 is 10.7 Å². The summed E-state index contributed by atoms with van der Waals surface area (Å²) in [5.41, 5.74) is 6.85. The number of H-pyrrole nitrogens is 1. The summed E-state index contributed by atoms with van der Waals surface area (Å²) in [5.74, 6) is 0. The van der Waals surface area contributed by atoms with Crippen LogP contribution in [0.4, 0.5) is 0 Å². The number of aromatic amines is 1. The first kappa shape index (κ1) is 7.82. The zero-order chi connectivity index (χ0) is 7.56. The zero-order valence-electron chi connectivity index (χ0n) is 5.89. The third-order valence-electron chi connectivity index (χ3n) is 1.51. The molecule has 1 rings (SSSR count). The van der Waals surface area contributed by atoms with Gasteiger partial charge in [-0.25, -0.2) is 0 Å². The first-order chi connectivity index (χ1) is 4.74. The van der Waals surface area contributed by atoms with Gasteiger partial charge >= 0.3 is 0 Å². The molecule has 1 aromatic rings. The molecule has 0 aliphatic heterocycles. The fourth-order valence-electron chi connectivity index (χ4n) is 0.820. The molecule has 0 amide bonds. The molecule has 0 unspecified atom stereocenters. The predicted molar refractivity (Wildman–Crippen MR) is 45.7 cm³/mol. The van der Waals surface area contributed by atoms with Crippen molar-refractivity contribution in [3.05, 3.63) is 22.4 Å². The molecule has 1 atom stereocenters. The van der Waals surface area contributed by atoms with E-state index in [0.717, 1.165) is 16.7 Å². The molecule has 10 heavy (non-hydrogen) atoms. The van der Waals surface area contributed by atoms with Crippen LogP contribution in [0.25, 0.3) is 0 Å². The lowest BCUT2D eigenvalue weighted by atomic mass is 10.2. The second kappa shape index (κ2) is 3.21. The van der Waals surface area contributed by atoms with Gasteiger partial charge in [0.05, 0.1) is 4.60 Å². The van der Waals surface area contributed by atoms with Crippen LogP contribution in [-0.2, 0) is 0 Å². The Balaban J connectivity index is 2.74. The average molecular weight is 203 g/mol. The Labute approximate surface area is 68.9 Å². The van der Waals surface area contributed by atoms with Crippen LogP contribution >= 0.6 is 15.9 Å². The number of aromatic nitrogens is 1. The number of hydrogen-bond donors (Lipinski definition) is 2. The van der Waals surface area contributed by atoms with Crippen LogP contribution in [0.5, 0.6) is 0 Å². The van der Waals surface area contributed by atoms with E-state index in [0.29, 0.717) is 0 Å². The maximum atomic E-state index is 5.76. The lowest BCUT2D eigenvalue weighted by molar-refractivity contribution is 0.679. The van der Waals surface area contributed by atoms with E-state index in [1.165, 1.54) is 0 Å². The molecule has 0 fully saturated rings. The molecule has 0 aliphatic carbocycles. The van der Waals surface area contributed by atoms with Crippen LogP contribution in [0.2, 0.25) is 0 Å². The fourth-order valence-corrected chi connectivity index (χ4v) is 1.18. The molecule has 0 saturated heterocycles. The Bertz CT molecular complexity index is 207. The summed E-state index contributed by atoms with van der Waals surface area (Å²) in [6, 6.07) is 4.11. The summed E-state index contributed by atoms with van der Waals surface area (Å²) < 4.78 is 0.992. The Morgan fingerprint density at radius 3 is 2.80 bits per heavy atom. The summed E-state index contributed by atoms with van der Waals surface area (Å²) in [5, 5.41) is 0. The first-order valence-corrected chi connectivity index (χ1v) is 4.13. The Morgan fingerprint density at radius 2 is 2.40 bits per heavy atom. The molecule has 2 nitrogen and oxygen atoms in total. The van der Waals surface area contributed by atoms with Crippen molar-refractivity contribution in [2.45, 2.75) is 19.4 Å². The van der Waals surface area contributed by atoms with Gasteiger partial charge in [-0.2, -0.15) is 0 Å². The number of nitrogens with one attached hydrogen (secondary N) is 1. The topological polar surface area (TPSA) is 41.8 Å². The molecular weight excluding hydrogens is 192 g/mol. The quantitative estimate of drug-likeness (QED) is 0.759. The molecule has 0 spiro atoms. The van der Waals surface area contributed by atoms with Crippen LogP contribution in [0.15, 0.2) is 16.7 Å². The molecule has 0 aromatic carbocycles. The monoisotopic (exact) mass is 202 g/mol. The first-order valence-electron chi connectivity index (χ1n) is 3.34. The third-order valence-corrected chi connectivity index (χ3v) is 1.97. The molecule has 1 aromatic heterocycles. The molecular formula is C7H11BrN2. The highest BCUT2D eigenvalue weighted by molar-refractivity contribution is 9.10. The second-order valence-corrected chi connectivity index (χ2v) is 3.13. The van der Waals surface area contributed by atoms with E-state index in [1.807, 2.05) is 12.1 Å². The maximum absolute atomic E-state index is 5.76. The standard InChI is InChI=1S/C7H11BrN2/c1-2-5(9)6-3-4-7(8)10-6/h3-5,10H,2,9H2,1H3/t5-/m0/s1. The van der Waals surface area contributed by atoms with Crippen LogP contribution < -0.4 is 5.73 Å². The maximum Gasteiger partial charge on any atom is 0.0822 e. The van der Waals surface area contributed by atoms with Crippen molar-refractivity contribution in [2.75, 3.05) is 0 Å². The zero-order valence-corrected chi connectivity index (χ0v) is 7.48. The van der Waals surface area contributed by atoms with Crippen LogP contribution in [0.3, 0.4) is 0 Å².